The highest BCUT2D eigenvalue weighted by atomic mass is 16.4. The minimum atomic E-state index is -0.662. The van der Waals surface area contributed by atoms with Crippen LogP contribution in [0.5, 0.6) is 0 Å². The van der Waals surface area contributed by atoms with Gasteiger partial charge in [-0.15, -0.1) is 0 Å². The van der Waals surface area contributed by atoms with Crippen LogP contribution in [0.1, 0.15) is 35.9 Å². The molecule has 4 nitrogen and oxygen atoms in total. The van der Waals surface area contributed by atoms with Gasteiger partial charge in [-0.2, -0.15) is 0 Å². The summed E-state index contributed by atoms with van der Waals surface area (Å²) >= 11 is 0. The maximum Gasteiger partial charge on any atom is 0.194 e. The van der Waals surface area contributed by atoms with Gasteiger partial charge in [0, 0.05) is 12.8 Å². The van der Waals surface area contributed by atoms with Crippen LogP contribution in [-0.4, -0.2) is 10.1 Å². The van der Waals surface area contributed by atoms with Crippen molar-refractivity contribution in [2.75, 3.05) is 0 Å². The number of hydrogen-bond donors (Lipinski definition) is 1. The molecule has 0 amide bonds. The maximum atomic E-state index is 10.0. The second-order valence-electron chi connectivity index (χ2n) is 3.76. The van der Waals surface area contributed by atoms with Gasteiger partial charge in [0.1, 0.15) is 6.10 Å². The molecule has 0 aromatic carbocycles. The van der Waals surface area contributed by atoms with Gasteiger partial charge in [-0.1, -0.05) is 6.92 Å². The lowest BCUT2D eigenvalue weighted by molar-refractivity contribution is 0.147. The Hall–Kier alpha value is -1.55. The molecule has 0 bridgehead atoms. The quantitative estimate of drug-likeness (QED) is 0.861. The Morgan fingerprint density at radius 1 is 1.50 bits per heavy atom. The van der Waals surface area contributed by atoms with Gasteiger partial charge in [-0.05, 0) is 18.6 Å². The molecular formula is C12H15NO3. The Kier molecular flexibility index (Phi) is 3.10. The van der Waals surface area contributed by atoms with Crippen molar-refractivity contribution in [3.8, 4) is 0 Å². The minimum absolute atomic E-state index is 0.482. The van der Waals surface area contributed by atoms with Crippen LogP contribution in [0.25, 0.3) is 0 Å². The van der Waals surface area contributed by atoms with E-state index in [0.29, 0.717) is 18.1 Å². The van der Waals surface area contributed by atoms with Crippen molar-refractivity contribution in [1.29, 1.82) is 0 Å². The van der Waals surface area contributed by atoms with E-state index < -0.39 is 6.10 Å². The number of aromatic nitrogens is 1. The molecule has 1 atom stereocenters. The van der Waals surface area contributed by atoms with Gasteiger partial charge in [-0.25, -0.2) is 4.98 Å². The molecule has 2 aromatic heterocycles. The molecular weight excluding hydrogens is 206 g/mol. The predicted molar refractivity (Wildman–Crippen MR) is 58.0 cm³/mol. The molecule has 0 fully saturated rings. The summed E-state index contributed by atoms with van der Waals surface area (Å²) in [4.78, 5) is 4.23. The molecule has 16 heavy (non-hydrogen) atoms. The third-order valence-electron chi connectivity index (χ3n) is 2.49. The summed E-state index contributed by atoms with van der Waals surface area (Å²) in [7, 11) is 0. The lowest BCUT2D eigenvalue weighted by Gasteiger charge is -2.05. The van der Waals surface area contributed by atoms with Gasteiger partial charge in [0.15, 0.2) is 11.7 Å². The van der Waals surface area contributed by atoms with E-state index in [2.05, 4.69) is 4.98 Å². The zero-order valence-electron chi connectivity index (χ0n) is 9.43. The van der Waals surface area contributed by atoms with Gasteiger partial charge in [0.25, 0.3) is 0 Å². The highest BCUT2D eigenvalue weighted by Gasteiger charge is 2.18. The number of furan rings is 1. The number of oxazole rings is 1. The van der Waals surface area contributed by atoms with Crippen LogP contribution in [0.3, 0.4) is 0 Å². The van der Waals surface area contributed by atoms with E-state index >= 15 is 0 Å². The first-order valence-corrected chi connectivity index (χ1v) is 5.36. The molecule has 0 saturated heterocycles. The summed E-state index contributed by atoms with van der Waals surface area (Å²) in [5, 5.41) is 10.0. The zero-order valence-corrected chi connectivity index (χ0v) is 9.43. The Bertz CT molecular complexity index is 445. The van der Waals surface area contributed by atoms with Crippen LogP contribution in [0, 0.1) is 6.92 Å². The molecule has 0 aliphatic carbocycles. The van der Waals surface area contributed by atoms with Crippen LogP contribution in [0.4, 0.5) is 0 Å². The Labute approximate surface area is 93.9 Å². The summed E-state index contributed by atoms with van der Waals surface area (Å²) in [5.41, 5.74) is 1.70. The molecule has 4 heteroatoms. The number of hydrogen-bond acceptors (Lipinski definition) is 4. The second-order valence-corrected chi connectivity index (χ2v) is 3.76. The highest BCUT2D eigenvalue weighted by Crippen LogP contribution is 2.23. The first kappa shape index (κ1) is 11.0. The van der Waals surface area contributed by atoms with E-state index in [-0.39, 0.29) is 0 Å². The molecule has 0 spiro atoms. The van der Waals surface area contributed by atoms with Gasteiger partial charge in [-0.3, -0.25) is 0 Å². The van der Waals surface area contributed by atoms with Gasteiger partial charge < -0.3 is 13.9 Å². The number of aliphatic hydroxyl groups is 1. The first-order chi connectivity index (χ1) is 7.70. The van der Waals surface area contributed by atoms with Crippen molar-refractivity contribution < 1.29 is 13.9 Å². The molecule has 1 N–H and O–H groups in total. The third kappa shape index (κ3) is 2.17. The lowest BCUT2D eigenvalue weighted by Crippen LogP contribution is -2.01. The monoisotopic (exact) mass is 221 g/mol. The van der Waals surface area contributed by atoms with Gasteiger partial charge in [0.05, 0.1) is 18.2 Å². The van der Waals surface area contributed by atoms with E-state index in [1.165, 1.54) is 0 Å². The van der Waals surface area contributed by atoms with Crippen LogP contribution in [0.15, 0.2) is 27.4 Å². The lowest BCUT2D eigenvalue weighted by atomic mass is 10.1. The summed E-state index contributed by atoms with van der Waals surface area (Å²) in [6.07, 6.45) is 3.77. The molecule has 0 aliphatic heterocycles. The summed E-state index contributed by atoms with van der Waals surface area (Å²) in [6.45, 7) is 3.81. The molecule has 0 saturated carbocycles. The average Bonchev–Trinajstić information content (AvgIpc) is 2.87. The molecule has 2 rings (SSSR count). The fourth-order valence-corrected chi connectivity index (χ4v) is 1.65. The van der Waals surface area contributed by atoms with Crippen LogP contribution in [-0.2, 0) is 12.8 Å². The number of nitrogens with zero attached hydrogens (tertiary/aromatic N) is 1. The highest BCUT2D eigenvalue weighted by molar-refractivity contribution is 5.15. The maximum absolute atomic E-state index is 10.0. The topological polar surface area (TPSA) is 59.4 Å². The fraction of sp³-hybridized carbons (Fsp3) is 0.417. The average molecular weight is 221 g/mol. The molecule has 86 valence electrons. The summed E-state index contributed by atoms with van der Waals surface area (Å²) in [5.74, 6) is 1.22. The Morgan fingerprint density at radius 3 is 2.88 bits per heavy atom. The molecule has 2 heterocycles. The van der Waals surface area contributed by atoms with Gasteiger partial charge >= 0.3 is 0 Å². The first-order valence-electron chi connectivity index (χ1n) is 5.36. The molecule has 0 aliphatic rings. The number of aryl methyl sites for hydroxylation is 2. The van der Waals surface area contributed by atoms with E-state index in [1.54, 1.807) is 12.5 Å². The van der Waals surface area contributed by atoms with Crippen LogP contribution >= 0.6 is 0 Å². The zero-order chi connectivity index (χ0) is 11.5. The Morgan fingerprint density at radius 2 is 2.31 bits per heavy atom. The van der Waals surface area contributed by atoms with Crippen molar-refractivity contribution >= 4 is 0 Å². The van der Waals surface area contributed by atoms with Crippen molar-refractivity contribution in [3.63, 3.8) is 0 Å². The molecule has 1 unspecified atom stereocenters. The molecule has 0 radical (unpaired) electrons. The van der Waals surface area contributed by atoms with Crippen molar-refractivity contribution in [2.45, 2.75) is 32.8 Å². The largest absolute Gasteiger partial charge is 0.472 e. The standard InChI is InChI=1S/C12H15NO3/c1-3-11-13-8(2)12(16-11)10(14)6-9-4-5-15-7-9/h4-5,7,10,14H,3,6H2,1-2H3. The third-order valence-corrected chi connectivity index (χ3v) is 2.49. The van der Waals surface area contributed by atoms with Crippen molar-refractivity contribution in [1.82, 2.24) is 4.98 Å². The van der Waals surface area contributed by atoms with Crippen LogP contribution < -0.4 is 0 Å². The van der Waals surface area contributed by atoms with Crippen molar-refractivity contribution in [2.24, 2.45) is 0 Å². The molecule has 2 aromatic rings. The summed E-state index contributed by atoms with van der Waals surface area (Å²) in [6, 6.07) is 1.83. The van der Waals surface area contributed by atoms with E-state index in [0.717, 1.165) is 17.7 Å². The number of aliphatic hydroxyl groups excluding tert-OH is 1. The SMILES string of the molecule is CCc1nc(C)c(C(O)Cc2ccoc2)o1. The Balaban J connectivity index is 2.14. The van der Waals surface area contributed by atoms with E-state index in [4.69, 9.17) is 8.83 Å². The van der Waals surface area contributed by atoms with Crippen LogP contribution in [0.2, 0.25) is 0 Å². The smallest absolute Gasteiger partial charge is 0.194 e. The van der Waals surface area contributed by atoms with E-state index in [9.17, 15) is 5.11 Å². The second kappa shape index (κ2) is 4.53. The van der Waals surface area contributed by atoms with Crippen molar-refractivity contribution in [3.05, 3.63) is 41.5 Å². The normalized spacial score (nSPS) is 12.9. The number of rotatable bonds is 4. The fourth-order valence-electron chi connectivity index (χ4n) is 1.65. The minimum Gasteiger partial charge on any atom is -0.472 e. The predicted octanol–water partition coefficient (Wildman–Crippen LogP) is 2.41. The van der Waals surface area contributed by atoms with Gasteiger partial charge in [0.2, 0.25) is 0 Å². The summed E-state index contributed by atoms with van der Waals surface area (Å²) < 4.78 is 10.4. The van der Waals surface area contributed by atoms with E-state index in [1.807, 2.05) is 19.9 Å².